The summed E-state index contributed by atoms with van der Waals surface area (Å²) in [7, 11) is 1.56. The van der Waals surface area contributed by atoms with E-state index in [0.717, 1.165) is 16.6 Å². The third kappa shape index (κ3) is 3.88. The zero-order valence-corrected chi connectivity index (χ0v) is 18.3. The van der Waals surface area contributed by atoms with Crippen LogP contribution in [0.2, 0.25) is 0 Å². The van der Waals surface area contributed by atoms with E-state index in [1.165, 1.54) is 0 Å². The molecule has 0 saturated carbocycles. The van der Waals surface area contributed by atoms with E-state index in [9.17, 15) is 9.59 Å². The number of hydrazine groups is 1. The van der Waals surface area contributed by atoms with Gasteiger partial charge in [-0.15, -0.1) is 0 Å². The van der Waals surface area contributed by atoms with Crippen molar-refractivity contribution in [3.63, 3.8) is 0 Å². The van der Waals surface area contributed by atoms with Crippen LogP contribution in [0.4, 0.5) is 0 Å². The molecule has 5 rings (SSSR count). The van der Waals surface area contributed by atoms with Crippen molar-refractivity contribution in [2.75, 3.05) is 7.11 Å². The third-order valence-electron chi connectivity index (χ3n) is 5.47. The van der Waals surface area contributed by atoms with Crippen LogP contribution in [0.1, 0.15) is 20.7 Å². The number of methoxy groups -OCH3 is 1. The quantitative estimate of drug-likeness (QED) is 0.350. The van der Waals surface area contributed by atoms with Gasteiger partial charge in [0.15, 0.2) is 0 Å². The van der Waals surface area contributed by atoms with Gasteiger partial charge in [0.1, 0.15) is 11.4 Å². The molecule has 0 radical (unpaired) electrons. The summed E-state index contributed by atoms with van der Waals surface area (Å²) < 4.78 is 7.11. The Labute approximate surface area is 195 Å². The van der Waals surface area contributed by atoms with E-state index < -0.39 is 11.8 Å². The number of hydrogen-bond acceptors (Lipinski definition) is 4. The molecule has 0 atom stereocenters. The number of nitrogens with one attached hydrogen (secondary N) is 3. The van der Waals surface area contributed by atoms with E-state index in [-0.39, 0.29) is 5.56 Å². The van der Waals surface area contributed by atoms with Crippen molar-refractivity contribution in [3.8, 4) is 22.7 Å². The van der Waals surface area contributed by atoms with Crippen molar-refractivity contribution in [1.82, 2.24) is 25.6 Å². The summed E-state index contributed by atoms with van der Waals surface area (Å²) in [4.78, 5) is 29.0. The number of ether oxygens (including phenoxy) is 1. The standard InChI is InChI=1S/C26H21N5O3/c1-34-23-14-8-6-12-19(23)24-21(16-31(30-24)17-9-3-2-4-10-17)26(33)29-28-25(32)20-15-27-22-13-7-5-11-18(20)22/h2-16,27H,1H3,(H,28,32)(H,29,33). The third-order valence-corrected chi connectivity index (χ3v) is 5.47. The predicted molar refractivity (Wildman–Crippen MR) is 129 cm³/mol. The van der Waals surface area contributed by atoms with E-state index in [4.69, 9.17) is 4.74 Å². The highest BCUT2D eigenvalue weighted by Crippen LogP contribution is 2.31. The molecule has 0 bridgehead atoms. The predicted octanol–water partition coefficient (Wildman–Crippen LogP) is 4.10. The lowest BCUT2D eigenvalue weighted by Crippen LogP contribution is -2.41. The van der Waals surface area contributed by atoms with Crippen LogP contribution < -0.4 is 15.6 Å². The number of aromatic amines is 1. The largest absolute Gasteiger partial charge is 0.496 e. The van der Waals surface area contributed by atoms with Crippen molar-refractivity contribution in [1.29, 1.82) is 0 Å². The second kappa shape index (κ2) is 8.95. The summed E-state index contributed by atoms with van der Waals surface area (Å²) in [5.74, 6) is -0.353. The van der Waals surface area contributed by atoms with Gasteiger partial charge < -0.3 is 9.72 Å². The van der Waals surface area contributed by atoms with Gasteiger partial charge in [-0.25, -0.2) is 4.68 Å². The Hall–Kier alpha value is -4.85. The zero-order valence-electron chi connectivity index (χ0n) is 18.3. The van der Waals surface area contributed by atoms with Crippen LogP contribution in [-0.2, 0) is 0 Å². The lowest BCUT2D eigenvalue weighted by Gasteiger charge is -2.09. The lowest BCUT2D eigenvalue weighted by atomic mass is 10.1. The molecule has 5 aromatic rings. The number of carbonyl (C=O) groups excluding carboxylic acids is 2. The molecule has 0 aliphatic heterocycles. The smallest absolute Gasteiger partial charge is 0.273 e. The molecule has 0 unspecified atom stereocenters. The minimum atomic E-state index is -0.503. The Balaban J connectivity index is 1.46. The van der Waals surface area contributed by atoms with Crippen LogP contribution in [0, 0.1) is 0 Å². The lowest BCUT2D eigenvalue weighted by molar-refractivity contribution is 0.0848. The fourth-order valence-electron chi connectivity index (χ4n) is 3.80. The number of nitrogens with zero attached hydrogens (tertiary/aromatic N) is 2. The van der Waals surface area contributed by atoms with E-state index in [1.807, 2.05) is 72.8 Å². The first-order valence-electron chi connectivity index (χ1n) is 10.6. The molecule has 0 spiro atoms. The maximum absolute atomic E-state index is 13.2. The maximum Gasteiger partial charge on any atom is 0.273 e. The highest BCUT2D eigenvalue weighted by molar-refractivity contribution is 6.08. The fourth-order valence-corrected chi connectivity index (χ4v) is 3.80. The zero-order chi connectivity index (χ0) is 23.5. The summed E-state index contributed by atoms with van der Waals surface area (Å²) in [6, 6.07) is 24.2. The number of aromatic nitrogens is 3. The van der Waals surface area contributed by atoms with Crippen LogP contribution in [0.5, 0.6) is 5.75 Å². The molecule has 2 aromatic heterocycles. The molecule has 3 N–H and O–H groups in total. The molecule has 0 fully saturated rings. The van der Waals surface area contributed by atoms with Gasteiger partial charge in [-0.1, -0.05) is 48.5 Å². The first kappa shape index (κ1) is 21.0. The Morgan fingerprint density at radius 2 is 1.53 bits per heavy atom. The van der Waals surface area contributed by atoms with Crippen LogP contribution in [0.25, 0.3) is 27.8 Å². The molecule has 0 aliphatic rings. The van der Waals surface area contributed by atoms with E-state index in [0.29, 0.717) is 22.6 Å². The van der Waals surface area contributed by atoms with Gasteiger partial charge in [0.05, 0.1) is 23.9 Å². The first-order chi connectivity index (χ1) is 16.7. The molecule has 34 heavy (non-hydrogen) atoms. The van der Waals surface area contributed by atoms with Gasteiger partial charge in [-0.05, 0) is 30.3 Å². The number of hydrogen-bond donors (Lipinski definition) is 3. The van der Waals surface area contributed by atoms with Gasteiger partial charge in [0.25, 0.3) is 11.8 Å². The molecular formula is C26H21N5O3. The minimum absolute atomic E-state index is 0.285. The van der Waals surface area contributed by atoms with Crippen molar-refractivity contribution < 1.29 is 14.3 Å². The van der Waals surface area contributed by atoms with Gasteiger partial charge in [-0.2, -0.15) is 5.10 Å². The van der Waals surface area contributed by atoms with Crippen molar-refractivity contribution in [2.45, 2.75) is 0 Å². The minimum Gasteiger partial charge on any atom is -0.496 e. The molecule has 8 nitrogen and oxygen atoms in total. The number of benzene rings is 3. The Morgan fingerprint density at radius 1 is 0.853 bits per heavy atom. The van der Waals surface area contributed by atoms with Gasteiger partial charge in [-0.3, -0.25) is 20.4 Å². The second-order valence-electron chi connectivity index (χ2n) is 7.53. The molecule has 0 saturated heterocycles. The van der Waals surface area contributed by atoms with Crippen molar-refractivity contribution in [2.24, 2.45) is 0 Å². The fraction of sp³-hybridized carbons (Fsp3) is 0.0385. The maximum atomic E-state index is 13.2. The second-order valence-corrected chi connectivity index (χ2v) is 7.53. The Kier molecular flexibility index (Phi) is 5.53. The topological polar surface area (TPSA) is 101 Å². The average molecular weight is 451 g/mol. The Bertz CT molecular complexity index is 1490. The Morgan fingerprint density at radius 3 is 2.32 bits per heavy atom. The van der Waals surface area contributed by atoms with Crippen LogP contribution in [0.3, 0.4) is 0 Å². The van der Waals surface area contributed by atoms with Gasteiger partial charge in [0.2, 0.25) is 0 Å². The van der Waals surface area contributed by atoms with Gasteiger partial charge >= 0.3 is 0 Å². The number of fused-ring (bicyclic) bond motifs is 1. The van der Waals surface area contributed by atoms with E-state index in [1.54, 1.807) is 30.3 Å². The molecule has 8 heteroatoms. The van der Waals surface area contributed by atoms with Crippen molar-refractivity contribution >= 4 is 22.7 Å². The van der Waals surface area contributed by atoms with Crippen LogP contribution >= 0.6 is 0 Å². The summed E-state index contributed by atoms with van der Waals surface area (Å²) >= 11 is 0. The molecule has 3 aromatic carbocycles. The summed E-state index contributed by atoms with van der Waals surface area (Å²) in [6.45, 7) is 0. The van der Waals surface area contributed by atoms with Crippen LogP contribution in [0.15, 0.2) is 91.3 Å². The average Bonchev–Trinajstić information content (AvgIpc) is 3.53. The summed E-state index contributed by atoms with van der Waals surface area (Å²) in [5, 5.41) is 5.42. The van der Waals surface area contributed by atoms with Crippen molar-refractivity contribution in [3.05, 3.63) is 102 Å². The molecule has 0 aliphatic carbocycles. The number of H-pyrrole nitrogens is 1. The first-order valence-corrected chi connectivity index (χ1v) is 10.6. The van der Waals surface area contributed by atoms with E-state index >= 15 is 0 Å². The normalized spacial score (nSPS) is 10.7. The summed E-state index contributed by atoms with van der Waals surface area (Å²) in [5.41, 5.74) is 8.46. The van der Waals surface area contributed by atoms with Crippen LogP contribution in [-0.4, -0.2) is 33.7 Å². The molecule has 2 amide bonds. The monoisotopic (exact) mass is 451 g/mol. The number of amides is 2. The molecule has 168 valence electrons. The number of rotatable bonds is 5. The molecule has 2 heterocycles. The molecular weight excluding hydrogens is 430 g/mol. The highest BCUT2D eigenvalue weighted by Gasteiger charge is 2.22. The summed E-state index contributed by atoms with van der Waals surface area (Å²) in [6.07, 6.45) is 3.24. The number of para-hydroxylation sites is 3. The number of carbonyl (C=O) groups is 2. The van der Waals surface area contributed by atoms with E-state index in [2.05, 4.69) is 20.9 Å². The SMILES string of the molecule is COc1ccccc1-c1nn(-c2ccccc2)cc1C(=O)NNC(=O)c1c[nH]c2ccccc12. The van der Waals surface area contributed by atoms with Gasteiger partial charge in [0, 0.05) is 28.9 Å². The highest BCUT2D eigenvalue weighted by atomic mass is 16.5.